The first-order valence-electron chi connectivity index (χ1n) is 9.55. The number of amides is 2. The molecular formula is C21H24N2O5S2. The number of hydrogen-bond acceptors (Lipinski definition) is 6. The number of carbonyl (C=O) groups is 2. The normalized spacial score (nSPS) is 15.8. The van der Waals surface area contributed by atoms with Gasteiger partial charge in [0.25, 0.3) is 0 Å². The number of sulfone groups is 1. The van der Waals surface area contributed by atoms with Gasteiger partial charge in [-0.2, -0.15) is 0 Å². The second-order valence-electron chi connectivity index (χ2n) is 6.83. The zero-order valence-electron chi connectivity index (χ0n) is 17.0. The third-order valence-corrected chi connectivity index (χ3v) is 7.62. The van der Waals surface area contributed by atoms with E-state index in [9.17, 15) is 18.0 Å². The Balaban J connectivity index is 1.72. The number of ether oxygens (including phenoxy) is 1. The summed E-state index contributed by atoms with van der Waals surface area (Å²) in [6.07, 6.45) is -0.172. The summed E-state index contributed by atoms with van der Waals surface area (Å²) in [6, 6.07) is 11.8. The highest BCUT2D eigenvalue weighted by Gasteiger charge is 2.26. The van der Waals surface area contributed by atoms with Crippen LogP contribution in [0.25, 0.3) is 0 Å². The van der Waals surface area contributed by atoms with Gasteiger partial charge >= 0.3 is 0 Å². The van der Waals surface area contributed by atoms with E-state index < -0.39 is 9.84 Å². The van der Waals surface area contributed by atoms with Crippen LogP contribution in [0, 0.1) is 0 Å². The van der Waals surface area contributed by atoms with Gasteiger partial charge in [-0.3, -0.25) is 9.59 Å². The Labute approximate surface area is 180 Å². The highest BCUT2D eigenvalue weighted by Crippen LogP contribution is 2.37. The lowest BCUT2D eigenvalue weighted by Gasteiger charge is -2.22. The van der Waals surface area contributed by atoms with Gasteiger partial charge in [0.15, 0.2) is 9.84 Å². The SMILES string of the molecule is CCOc1ccccc1N(C)C(=O)CCS(=O)(=O)c1ccc2c(c1)NC(=O)[C@@H](C)S2. The predicted molar refractivity (Wildman–Crippen MR) is 118 cm³/mol. The Morgan fingerprint density at radius 1 is 1.23 bits per heavy atom. The van der Waals surface area contributed by atoms with Crippen LogP contribution < -0.4 is 15.0 Å². The summed E-state index contributed by atoms with van der Waals surface area (Å²) >= 11 is 1.38. The number of fused-ring (bicyclic) bond motifs is 1. The van der Waals surface area contributed by atoms with Gasteiger partial charge in [0.1, 0.15) is 5.75 Å². The molecule has 0 aromatic heterocycles. The van der Waals surface area contributed by atoms with Crippen molar-refractivity contribution in [2.45, 2.75) is 35.3 Å². The number of nitrogens with one attached hydrogen (secondary N) is 1. The summed E-state index contributed by atoms with van der Waals surface area (Å²) in [7, 11) is -2.10. The molecule has 0 aliphatic carbocycles. The molecule has 1 heterocycles. The first-order chi connectivity index (χ1) is 14.2. The summed E-state index contributed by atoms with van der Waals surface area (Å²) in [5.74, 6) is -0.257. The minimum Gasteiger partial charge on any atom is -0.492 e. The second kappa shape index (κ2) is 9.09. The van der Waals surface area contributed by atoms with Gasteiger partial charge in [0, 0.05) is 18.4 Å². The second-order valence-corrected chi connectivity index (χ2v) is 10.3. The van der Waals surface area contributed by atoms with Crippen molar-refractivity contribution < 1.29 is 22.7 Å². The Bertz CT molecular complexity index is 1070. The molecular weight excluding hydrogens is 424 g/mol. The minimum atomic E-state index is -3.70. The fraction of sp³-hybridized carbons (Fsp3) is 0.333. The molecule has 0 fully saturated rings. The molecule has 1 atom stereocenters. The van der Waals surface area contributed by atoms with Crippen LogP contribution >= 0.6 is 11.8 Å². The lowest BCUT2D eigenvalue weighted by Crippen LogP contribution is -2.29. The maximum absolute atomic E-state index is 12.8. The van der Waals surface area contributed by atoms with E-state index in [4.69, 9.17) is 4.74 Å². The molecule has 3 rings (SSSR count). The average molecular weight is 449 g/mol. The van der Waals surface area contributed by atoms with E-state index >= 15 is 0 Å². The van der Waals surface area contributed by atoms with Crippen LogP contribution in [0.5, 0.6) is 5.75 Å². The van der Waals surface area contributed by atoms with Gasteiger partial charge in [-0.1, -0.05) is 12.1 Å². The molecule has 2 aromatic rings. The van der Waals surface area contributed by atoms with E-state index in [2.05, 4.69) is 5.32 Å². The Hall–Kier alpha value is -2.52. The Kier molecular flexibility index (Phi) is 6.72. The van der Waals surface area contributed by atoms with Crippen molar-refractivity contribution in [2.75, 3.05) is 29.6 Å². The number of rotatable bonds is 7. The third-order valence-electron chi connectivity index (χ3n) is 4.73. The number of para-hydroxylation sites is 2. The molecule has 0 spiro atoms. The highest BCUT2D eigenvalue weighted by atomic mass is 32.2. The molecule has 1 aliphatic heterocycles. The summed E-state index contributed by atoms with van der Waals surface area (Å²) in [6.45, 7) is 4.10. The standard InChI is InChI=1S/C21H24N2O5S2/c1-4-28-18-8-6-5-7-17(18)23(3)20(24)11-12-30(26,27)15-9-10-19-16(13-15)22-21(25)14(2)29-19/h5-10,13-14H,4,11-12H2,1-3H3,(H,22,25)/t14-/m1/s1. The molecule has 160 valence electrons. The third kappa shape index (κ3) is 4.79. The fourth-order valence-electron chi connectivity index (χ4n) is 3.03. The van der Waals surface area contributed by atoms with E-state index in [0.717, 1.165) is 4.90 Å². The summed E-state index contributed by atoms with van der Waals surface area (Å²) in [4.78, 5) is 26.8. The van der Waals surface area contributed by atoms with Gasteiger partial charge in [-0.05, 0) is 44.2 Å². The van der Waals surface area contributed by atoms with Crippen molar-refractivity contribution in [3.63, 3.8) is 0 Å². The zero-order valence-corrected chi connectivity index (χ0v) is 18.7. The van der Waals surface area contributed by atoms with E-state index in [-0.39, 0.29) is 34.1 Å². The highest BCUT2D eigenvalue weighted by molar-refractivity contribution is 8.01. The molecule has 0 saturated heterocycles. The van der Waals surface area contributed by atoms with Crippen LogP contribution in [0.1, 0.15) is 20.3 Å². The molecule has 9 heteroatoms. The topological polar surface area (TPSA) is 92.8 Å². The van der Waals surface area contributed by atoms with Crippen molar-refractivity contribution in [3.05, 3.63) is 42.5 Å². The van der Waals surface area contributed by atoms with Crippen LogP contribution in [-0.4, -0.2) is 44.9 Å². The Morgan fingerprint density at radius 2 is 1.97 bits per heavy atom. The van der Waals surface area contributed by atoms with Crippen LogP contribution in [-0.2, 0) is 19.4 Å². The molecule has 1 aliphatic rings. The largest absolute Gasteiger partial charge is 0.492 e. The number of nitrogens with zero attached hydrogens (tertiary/aromatic N) is 1. The van der Waals surface area contributed by atoms with Crippen molar-refractivity contribution in [1.29, 1.82) is 0 Å². The predicted octanol–water partition coefficient (Wildman–Crippen LogP) is 3.34. The molecule has 7 nitrogen and oxygen atoms in total. The van der Waals surface area contributed by atoms with Gasteiger partial charge in [-0.15, -0.1) is 11.8 Å². The van der Waals surface area contributed by atoms with E-state index in [1.165, 1.54) is 28.8 Å². The number of anilines is 2. The van der Waals surface area contributed by atoms with Crippen molar-refractivity contribution in [2.24, 2.45) is 0 Å². The molecule has 0 unspecified atom stereocenters. The maximum Gasteiger partial charge on any atom is 0.237 e. The summed E-state index contributed by atoms with van der Waals surface area (Å²) < 4.78 is 31.1. The zero-order chi connectivity index (χ0) is 21.9. The van der Waals surface area contributed by atoms with E-state index in [0.29, 0.717) is 23.7 Å². The van der Waals surface area contributed by atoms with Crippen LogP contribution in [0.15, 0.2) is 52.3 Å². The summed E-state index contributed by atoms with van der Waals surface area (Å²) in [5.41, 5.74) is 1.07. The first-order valence-corrected chi connectivity index (χ1v) is 12.1. The smallest absolute Gasteiger partial charge is 0.237 e. The van der Waals surface area contributed by atoms with Gasteiger partial charge in [0.2, 0.25) is 11.8 Å². The monoisotopic (exact) mass is 448 g/mol. The molecule has 2 aromatic carbocycles. The molecule has 0 bridgehead atoms. The summed E-state index contributed by atoms with van der Waals surface area (Å²) in [5, 5.41) is 2.50. The van der Waals surface area contributed by atoms with Crippen molar-refractivity contribution in [1.82, 2.24) is 0 Å². The quantitative estimate of drug-likeness (QED) is 0.698. The average Bonchev–Trinajstić information content (AvgIpc) is 2.72. The van der Waals surface area contributed by atoms with Crippen LogP contribution in [0.3, 0.4) is 0 Å². The molecule has 2 amide bonds. The number of hydrogen-bond donors (Lipinski definition) is 1. The number of thioether (sulfide) groups is 1. The molecule has 1 N–H and O–H groups in total. The lowest BCUT2D eigenvalue weighted by molar-refractivity contribution is -0.118. The lowest BCUT2D eigenvalue weighted by atomic mass is 10.2. The fourth-order valence-corrected chi connectivity index (χ4v) is 5.22. The van der Waals surface area contributed by atoms with Crippen molar-refractivity contribution in [3.8, 4) is 5.75 Å². The van der Waals surface area contributed by atoms with Crippen LogP contribution in [0.4, 0.5) is 11.4 Å². The first kappa shape index (κ1) is 22.2. The van der Waals surface area contributed by atoms with E-state index in [1.54, 1.807) is 38.2 Å². The van der Waals surface area contributed by atoms with Gasteiger partial charge < -0.3 is 15.0 Å². The number of carbonyl (C=O) groups excluding carboxylic acids is 2. The number of benzene rings is 2. The van der Waals surface area contributed by atoms with Crippen LogP contribution in [0.2, 0.25) is 0 Å². The minimum absolute atomic E-state index is 0.0851. The van der Waals surface area contributed by atoms with Gasteiger partial charge in [0.05, 0.1) is 33.9 Å². The molecule has 30 heavy (non-hydrogen) atoms. The molecule has 0 saturated carbocycles. The maximum atomic E-state index is 12.8. The molecule has 0 radical (unpaired) electrons. The Morgan fingerprint density at radius 3 is 2.70 bits per heavy atom. The van der Waals surface area contributed by atoms with E-state index in [1.807, 2.05) is 13.0 Å². The van der Waals surface area contributed by atoms with Crippen molar-refractivity contribution >= 4 is 44.8 Å². The van der Waals surface area contributed by atoms with Gasteiger partial charge in [-0.25, -0.2) is 8.42 Å².